The molecule has 0 radical (unpaired) electrons. The topological polar surface area (TPSA) is 58.6 Å². The first-order chi connectivity index (χ1) is 10.2. The number of hydrogen-bond acceptors (Lipinski definition) is 3. The lowest BCUT2D eigenvalue weighted by atomic mass is 9.95. The average molecular weight is 289 g/mol. The minimum atomic E-state index is -0.344. The number of rotatable bonds is 4. The van der Waals surface area contributed by atoms with Gasteiger partial charge < -0.3 is 15.2 Å². The first-order valence-electron chi connectivity index (χ1n) is 7.95. The molecule has 0 saturated heterocycles. The van der Waals surface area contributed by atoms with Gasteiger partial charge in [0, 0.05) is 6.04 Å². The Labute approximate surface area is 125 Å². The Morgan fingerprint density at radius 1 is 1.24 bits per heavy atom. The van der Waals surface area contributed by atoms with E-state index in [0.717, 1.165) is 36.8 Å². The molecule has 1 unspecified atom stereocenters. The standard InChI is InChI=1S/C17H23NO3/c19-16-9-6-12-10-14(7-8-15(12)16)21-11-17(20)18-13-4-2-1-3-5-13/h7-8,10,13,16,19H,1-6,9,11H2,(H,18,20). The zero-order chi connectivity index (χ0) is 14.7. The third-order valence-electron chi connectivity index (χ3n) is 4.50. The van der Waals surface area contributed by atoms with Gasteiger partial charge in [0.2, 0.25) is 0 Å². The van der Waals surface area contributed by atoms with E-state index in [4.69, 9.17) is 4.74 Å². The number of fused-ring (bicyclic) bond motifs is 1. The Hall–Kier alpha value is -1.55. The number of carbonyl (C=O) groups excluding carboxylic acids is 1. The van der Waals surface area contributed by atoms with Gasteiger partial charge in [-0.05, 0) is 48.9 Å². The molecule has 1 aromatic rings. The van der Waals surface area contributed by atoms with Gasteiger partial charge in [0.15, 0.2) is 6.61 Å². The highest BCUT2D eigenvalue weighted by Crippen LogP contribution is 2.33. The number of amides is 1. The minimum absolute atomic E-state index is 0.0394. The fourth-order valence-corrected chi connectivity index (χ4v) is 3.33. The van der Waals surface area contributed by atoms with E-state index in [2.05, 4.69) is 5.32 Å². The third-order valence-corrected chi connectivity index (χ3v) is 4.50. The molecule has 21 heavy (non-hydrogen) atoms. The van der Waals surface area contributed by atoms with Crippen molar-refractivity contribution in [3.63, 3.8) is 0 Å². The van der Waals surface area contributed by atoms with Crippen LogP contribution in [0.3, 0.4) is 0 Å². The summed E-state index contributed by atoms with van der Waals surface area (Å²) in [5.41, 5.74) is 2.13. The molecule has 0 heterocycles. The predicted octanol–water partition coefficient (Wildman–Crippen LogP) is 2.49. The van der Waals surface area contributed by atoms with E-state index >= 15 is 0 Å². The first kappa shape index (κ1) is 14.4. The molecule has 1 atom stereocenters. The number of ether oxygens (including phenoxy) is 1. The molecule has 3 rings (SSSR count). The molecule has 2 aliphatic rings. The molecule has 4 nitrogen and oxygen atoms in total. The van der Waals surface area contributed by atoms with Crippen LogP contribution >= 0.6 is 0 Å². The number of benzene rings is 1. The molecule has 0 aliphatic heterocycles. The Bertz CT molecular complexity index is 509. The van der Waals surface area contributed by atoms with Crippen LogP contribution in [0, 0.1) is 0 Å². The van der Waals surface area contributed by atoms with Crippen LogP contribution in [-0.4, -0.2) is 23.7 Å². The summed E-state index contributed by atoms with van der Waals surface area (Å²) in [6.07, 6.45) is 7.18. The van der Waals surface area contributed by atoms with Crippen LogP contribution in [0.15, 0.2) is 18.2 Å². The lowest BCUT2D eigenvalue weighted by Gasteiger charge is -2.22. The number of hydrogen-bond donors (Lipinski definition) is 2. The maximum absolute atomic E-state index is 11.9. The molecule has 0 spiro atoms. The Balaban J connectivity index is 1.49. The number of aliphatic hydroxyl groups is 1. The smallest absolute Gasteiger partial charge is 0.258 e. The summed E-state index contributed by atoms with van der Waals surface area (Å²) in [6, 6.07) is 6.01. The van der Waals surface area contributed by atoms with Crippen LogP contribution in [0.25, 0.3) is 0 Å². The van der Waals surface area contributed by atoms with E-state index in [0.29, 0.717) is 11.8 Å². The van der Waals surface area contributed by atoms with Gasteiger partial charge in [-0.15, -0.1) is 0 Å². The van der Waals surface area contributed by atoms with Crippen molar-refractivity contribution < 1.29 is 14.6 Å². The van der Waals surface area contributed by atoms with Gasteiger partial charge in [-0.25, -0.2) is 0 Å². The molecule has 2 aliphatic carbocycles. The van der Waals surface area contributed by atoms with Crippen molar-refractivity contribution in [3.05, 3.63) is 29.3 Å². The van der Waals surface area contributed by atoms with Crippen molar-refractivity contribution in [3.8, 4) is 5.75 Å². The summed E-state index contributed by atoms with van der Waals surface area (Å²) < 4.78 is 5.58. The normalized spacial score (nSPS) is 21.9. The van der Waals surface area contributed by atoms with Crippen molar-refractivity contribution in [2.24, 2.45) is 0 Å². The molecule has 4 heteroatoms. The maximum atomic E-state index is 11.9. The van der Waals surface area contributed by atoms with Gasteiger partial charge in [-0.2, -0.15) is 0 Å². The van der Waals surface area contributed by atoms with Crippen LogP contribution in [-0.2, 0) is 11.2 Å². The fraction of sp³-hybridized carbons (Fsp3) is 0.588. The summed E-state index contributed by atoms with van der Waals surface area (Å²) in [6.45, 7) is 0.0673. The average Bonchev–Trinajstić information content (AvgIpc) is 2.87. The molecule has 0 bridgehead atoms. The Morgan fingerprint density at radius 3 is 2.86 bits per heavy atom. The van der Waals surface area contributed by atoms with Gasteiger partial charge in [0.25, 0.3) is 5.91 Å². The molecular weight excluding hydrogens is 266 g/mol. The Morgan fingerprint density at radius 2 is 2.05 bits per heavy atom. The Kier molecular flexibility index (Phi) is 4.44. The van der Waals surface area contributed by atoms with Gasteiger partial charge in [0.05, 0.1) is 6.10 Å². The van der Waals surface area contributed by atoms with Gasteiger partial charge in [0.1, 0.15) is 5.75 Å². The number of nitrogens with one attached hydrogen (secondary N) is 1. The number of carbonyl (C=O) groups is 1. The molecule has 1 aromatic carbocycles. The van der Waals surface area contributed by atoms with Crippen molar-refractivity contribution in [2.45, 2.75) is 57.1 Å². The van der Waals surface area contributed by atoms with Crippen LogP contribution < -0.4 is 10.1 Å². The first-order valence-corrected chi connectivity index (χ1v) is 7.95. The van der Waals surface area contributed by atoms with Crippen LogP contribution in [0.1, 0.15) is 55.8 Å². The van der Waals surface area contributed by atoms with E-state index in [1.54, 1.807) is 0 Å². The second-order valence-electron chi connectivity index (χ2n) is 6.11. The highest BCUT2D eigenvalue weighted by atomic mass is 16.5. The summed E-state index contributed by atoms with van der Waals surface area (Å²) >= 11 is 0. The van der Waals surface area contributed by atoms with E-state index in [1.807, 2.05) is 18.2 Å². The van der Waals surface area contributed by atoms with Gasteiger partial charge >= 0.3 is 0 Å². The maximum Gasteiger partial charge on any atom is 0.258 e. The molecule has 1 fully saturated rings. The highest BCUT2D eigenvalue weighted by Gasteiger charge is 2.20. The second-order valence-corrected chi connectivity index (χ2v) is 6.11. The third kappa shape index (κ3) is 3.56. The quantitative estimate of drug-likeness (QED) is 0.895. The van der Waals surface area contributed by atoms with Crippen molar-refractivity contribution in [2.75, 3.05) is 6.61 Å². The zero-order valence-electron chi connectivity index (χ0n) is 12.3. The van der Waals surface area contributed by atoms with E-state index < -0.39 is 0 Å². The van der Waals surface area contributed by atoms with E-state index in [-0.39, 0.29) is 18.6 Å². The summed E-state index contributed by atoms with van der Waals surface area (Å²) in [4.78, 5) is 11.9. The summed E-state index contributed by atoms with van der Waals surface area (Å²) in [5, 5.41) is 12.8. The van der Waals surface area contributed by atoms with Crippen LogP contribution in [0.2, 0.25) is 0 Å². The zero-order valence-corrected chi connectivity index (χ0v) is 12.3. The summed E-state index contributed by atoms with van der Waals surface area (Å²) in [5.74, 6) is 0.670. The summed E-state index contributed by atoms with van der Waals surface area (Å²) in [7, 11) is 0. The second kappa shape index (κ2) is 6.48. The molecular formula is C17H23NO3. The van der Waals surface area contributed by atoms with Gasteiger partial charge in [-0.1, -0.05) is 25.3 Å². The molecule has 0 aromatic heterocycles. The largest absolute Gasteiger partial charge is 0.484 e. The lowest BCUT2D eigenvalue weighted by Crippen LogP contribution is -2.38. The highest BCUT2D eigenvalue weighted by molar-refractivity contribution is 5.77. The van der Waals surface area contributed by atoms with E-state index in [9.17, 15) is 9.90 Å². The SMILES string of the molecule is O=C(COc1ccc2c(c1)CCC2O)NC1CCCCC1. The predicted molar refractivity (Wildman–Crippen MR) is 80.2 cm³/mol. The van der Waals surface area contributed by atoms with Crippen molar-refractivity contribution in [1.82, 2.24) is 5.32 Å². The fourth-order valence-electron chi connectivity index (χ4n) is 3.33. The monoisotopic (exact) mass is 289 g/mol. The number of aliphatic hydroxyl groups excluding tert-OH is 1. The molecule has 1 saturated carbocycles. The van der Waals surface area contributed by atoms with E-state index in [1.165, 1.54) is 19.3 Å². The molecule has 114 valence electrons. The van der Waals surface area contributed by atoms with Crippen LogP contribution in [0.5, 0.6) is 5.75 Å². The van der Waals surface area contributed by atoms with Crippen molar-refractivity contribution >= 4 is 5.91 Å². The lowest BCUT2D eigenvalue weighted by molar-refractivity contribution is -0.124. The van der Waals surface area contributed by atoms with Crippen molar-refractivity contribution in [1.29, 1.82) is 0 Å². The minimum Gasteiger partial charge on any atom is -0.484 e. The molecule has 2 N–H and O–H groups in total. The van der Waals surface area contributed by atoms with Crippen LogP contribution in [0.4, 0.5) is 0 Å². The number of aryl methyl sites for hydroxylation is 1. The van der Waals surface area contributed by atoms with Gasteiger partial charge in [-0.3, -0.25) is 4.79 Å². The molecule has 1 amide bonds.